The summed E-state index contributed by atoms with van der Waals surface area (Å²) in [4.78, 5) is 19.8. The van der Waals surface area contributed by atoms with Gasteiger partial charge in [-0.05, 0) is 89.9 Å². The number of hydrogen-bond acceptors (Lipinski definition) is 8. The van der Waals surface area contributed by atoms with Crippen molar-refractivity contribution in [2.75, 3.05) is 23.3 Å². The second-order valence-corrected chi connectivity index (χ2v) is 11.7. The third kappa shape index (κ3) is 6.59. The van der Waals surface area contributed by atoms with Crippen LogP contribution in [0.3, 0.4) is 0 Å². The van der Waals surface area contributed by atoms with Gasteiger partial charge < -0.3 is 20.3 Å². The van der Waals surface area contributed by atoms with Crippen molar-refractivity contribution in [3.8, 4) is 28.6 Å². The van der Waals surface area contributed by atoms with E-state index in [4.69, 9.17) is 5.26 Å². The second kappa shape index (κ2) is 12.9. The zero-order valence-corrected chi connectivity index (χ0v) is 25.2. The van der Waals surface area contributed by atoms with E-state index in [1.165, 1.54) is 4.90 Å². The minimum Gasteiger partial charge on any atom is -0.392 e. The Bertz CT molecular complexity index is 1810. The monoisotopic (exact) mass is 630 g/mol. The van der Waals surface area contributed by atoms with Crippen molar-refractivity contribution in [3.05, 3.63) is 76.6 Å². The maximum Gasteiger partial charge on any atom is 0.416 e. The molecule has 3 N–H and O–H groups in total. The van der Waals surface area contributed by atoms with Gasteiger partial charge in [0.1, 0.15) is 18.0 Å². The van der Waals surface area contributed by atoms with Crippen LogP contribution in [0.2, 0.25) is 0 Å². The fraction of sp³-hybridized carbons (Fsp3) is 0.364. The number of carbonyl (C=O) groups excluding carboxylic acids is 1. The van der Waals surface area contributed by atoms with E-state index in [2.05, 4.69) is 31.9 Å². The van der Waals surface area contributed by atoms with E-state index in [9.17, 15) is 23.1 Å². The number of alkyl halides is 3. The summed E-state index contributed by atoms with van der Waals surface area (Å²) in [5, 5.41) is 33.6. The Balaban J connectivity index is 1.42. The number of halogens is 3. The molecule has 2 aliphatic rings. The lowest BCUT2D eigenvalue weighted by atomic mass is 9.97. The zero-order valence-electron chi connectivity index (χ0n) is 25.2. The highest BCUT2D eigenvalue weighted by Crippen LogP contribution is 2.41. The number of nitriles is 1. The third-order valence-corrected chi connectivity index (χ3v) is 8.26. The molecule has 0 unspecified atom stereocenters. The molecule has 1 saturated carbocycles. The van der Waals surface area contributed by atoms with Gasteiger partial charge in [0.15, 0.2) is 5.82 Å². The lowest BCUT2D eigenvalue weighted by Crippen LogP contribution is -2.24. The lowest BCUT2D eigenvalue weighted by molar-refractivity contribution is -0.138. The Morgan fingerprint density at radius 3 is 2.59 bits per heavy atom. The van der Waals surface area contributed by atoms with Crippen molar-refractivity contribution >= 4 is 17.5 Å². The number of nitrogens with one attached hydrogen (secondary N) is 2. The van der Waals surface area contributed by atoms with Crippen molar-refractivity contribution in [1.29, 1.82) is 5.26 Å². The molecule has 10 nitrogen and oxygen atoms in total. The maximum atomic E-state index is 14.3. The lowest BCUT2D eigenvalue weighted by Gasteiger charge is -2.19. The number of aromatic nitrogens is 4. The number of hydrogen-bond donors (Lipinski definition) is 3. The van der Waals surface area contributed by atoms with Crippen LogP contribution in [0.5, 0.6) is 0 Å². The van der Waals surface area contributed by atoms with Gasteiger partial charge in [-0.25, -0.2) is 4.98 Å². The first-order valence-electron chi connectivity index (χ1n) is 15.1. The summed E-state index contributed by atoms with van der Waals surface area (Å²) in [7, 11) is 1.80. The van der Waals surface area contributed by atoms with Crippen molar-refractivity contribution in [2.45, 2.75) is 51.6 Å². The summed E-state index contributed by atoms with van der Waals surface area (Å²) >= 11 is 0. The summed E-state index contributed by atoms with van der Waals surface area (Å²) in [5.74, 6) is 1.10. The van der Waals surface area contributed by atoms with Crippen molar-refractivity contribution in [3.63, 3.8) is 0 Å². The van der Waals surface area contributed by atoms with Crippen LogP contribution in [0.15, 0.2) is 48.8 Å². The molecule has 0 saturated heterocycles. The first kappa shape index (κ1) is 31.2. The van der Waals surface area contributed by atoms with E-state index < -0.39 is 17.6 Å². The molecule has 46 heavy (non-hydrogen) atoms. The number of aryl methyl sites for hydroxylation is 1. The number of pyridine rings is 1. The molecule has 1 aliphatic carbocycles. The number of aliphatic hydroxyl groups excluding tert-OH is 1. The van der Waals surface area contributed by atoms with Crippen LogP contribution in [0.25, 0.3) is 22.5 Å². The van der Waals surface area contributed by atoms with E-state index in [1.54, 1.807) is 48.3 Å². The van der Waals surface area contributed by atoms with Crippen molar-refractivity contribution < 1.29 is 23.1 Å². The van der Waals surface area contributed by atoms with Gasteiger partial charge in [0.05, 0.1) is 24.8 Å². The maximum absolute atomic E-state index is 14.3. The smallest absolute Gasteiger partial charge is 0.392 e. The van der Waals surface area contributed by atoms with Crippen LogP contribution in [0.1, 0.15) is 58.3 Å². The Kier molecular flexibility index (Phi) is 8.75. The molecule has 0 radical (unpaired) electrons. The number of unbranched alkanes of at least 4 members (excludes halogenated alkanes) is 1. The number of nitrogens with zero attached hydrogens (tertiary/aromatic N) is 6. The molecule has 1 aliphatic heterocycles. The van der Waals surface area contributed by atoms with Gasteiger partial charge in [-0.1, -0.05) is 12.1 Å². The minimum atomic E-state index is -4.65. The minimum absolute atomic E-state index is 0.0100. The molecule has 4 aromatic rings. The molecule has 2 aromatic carbocycles. The highest BCUT2D eigenvalue weighted by molar-refractivity contribution is 6.10. The summed E-state index contributed by atoms with van der Waals surface area (Å²) in [6.07, 6.45) is 0.0155. The second-order valence-electron chi connectivity index (χ2n) is 11.7. The fourth-order valence-electron chi connectivity index (χ4n) is 5.69. The van der Waals surface area contributed by atoms with E-state index in [1.807, 2.05) is 6.07 Å². The first-order valence-corrected chi connectivity index (χ1v) is 15.1. The van der Waals surface area contributed by atoms with Crippen LogP contribution in [-0.2, 0) is 32.9 Å². The van der Waals surface area contributed by atoms with Gasteiger partial charge in [0, 0.05) is 37.7 Å². The van der Waals surface area contributed by atoms with E-state index >= 15 is 0 Å². The highest BCUT2D eigenvalue weighted by Gasteiger charge is 2.41. The highest BCUT2D eigenvalue weighted by atomic mass is 19.4. The molecule has 0 spiro atoms. The van der Waals surface area contributed by atoms with E-state index in [-0.39, 0.29) is 36.6 Å². The molecule has 1 amide bonds. The number of carbonyl (C=O) groups is 1. The number of fused-ring (bicyclic) bond motifs is 1. The van der Waals surface area contributed by atoms with Gasteiger partial charge in [0.2, 0.25) is 0 Å². The number of anilines is 2. The van der Waals surface area contributed by atoms with Gasteiger partial charge in [0.25, 0.3) is 5.91 Å². The third-order valence-electron chi connectivity index (χ3n) is 8.26. The van der Waals surface area contributed by atoms with Gasteiger partial charge in [-0.2, -0.15) is 18.4 Å². The quantitative estimate of drug-likeness (QED) is 0.177. The normalized spacial score (nSPS) is 14.4. The Labute approximate surface area is 263 Å². The standard InChI is InChI=1S/C33H33F3N8O2/c1-43-19-40-42-31(43)24-7-6-21(18-45)10-25(24)23-13-29(39-9-3-2-8-37)41-30(14-23)44-17-27-26(32(44)46)11-22(12-28(27)33(34,35)36)16-38-15-20-4-5-20/h6-7,10-14,19-20,38,45H,2-5,9,15-18H2,1H3,(H,39,41). The first-order chi connectivity index (χ1) is 22.2. The van der Waals surface area contributed by atoms with Crippen LogP contribution in [-0.4, -0.2) is 43.9 Å². The fourth-order valence-corrected chi connectivity index (χ4v) is 5.69. The molecule has 6 rings (SSSR count). The number of benzene rings is 2. The van der Waals surface area contributed by atoms with Crippen LogP contribution in [0, 0.1) is 17.2 Å². The van der Waals surface area contributed by atoms with Crippen molar-refractivity contribution in [2.24, 2.45) is 13.0 Å². The van der Waals surface area contributed by atoms with E-state index in [0.717, 1.165) is 25.5 Å². The molecule has 13 heteroatoms. The molecular weight excluding hydrogens is 597 g/mol. The Hall–Kier alpha value is -4.80. The topological polar surface area (TPSA) is 132 Å². The Morgan fingerprint density at radius 1 is 1.09 bits per heavy atom. The summed E-state index contributed by atoms with van der Waals surface area (Å²) in [5.41, 5.74) is 2.10. The SMILES string of the molecule is Cn1cnnc1-c1ccc(CO)cc1-c1cc(NCCCC#N)nc(N2Cc3c(cc(CNCC4CC4)cc3C(F)(F)F)C2=O)c1. The predicted molar refractivity (Wildman–Crippen MR) is 165 cm³/mol. The Morgan fingerprint density at radius 2 is 1.89 bits per heavy atom. The predicted octanol–water partition coefficient (Wildman–Crippen LogP) is 5.43. The average molecular weight is 631 g/mol. The van der Waals surface area contributed by atoms with Gasteiger partial charge in [-0.3, -0.25) is 9.69 Å². The number of amides is 1. The van der Waals surface area contributed by atoms with Crippen LogP contribution < -0.4 is 15.5 Å². The number of aliphatic hydroxyl groups is 1. The number of rotatable bonds is 12. The molecule has 0 atom stereocenters. The summed E-state index contributed by atoms with van der Waals surface area (Å²) < 4.78 is 44.8. The van der Waals surface area contributed by atoms with E-state index in [0.29, 0.717) is 64.8 Å². The van der Waals surface area contributed by atoms with Gasteiger partial charge >= 0.3 is 6.18 Å². The summed E-state index contributed by atoms with van der Waals surface area (Å²) in [6.45, 7) is 0.862. The molecule has 0 bridgehead atoms. The van der Waals surface area contributed by atoms with Crippen LogP contribution in [0.4, 0.5) is 24.8 Å². The molecule has 1 fully saturated rings. The zero-order chi connectivity index (χ0) is 32.4. The molecular formula is C33H33F3N8O2. The molecule has 238 valence electrons. The van der Waals surface area contributed by atoms with Gasteiger partial charge in [-0.15, -0.1) is 10.2 Å². The molecule has 2 aromatic heterocycles. The average Bonchev–Trinajstić information content (AvgIpc) is 3.68. The summed E-state index contributed by atoms with van der Waals surface area (Å²) in [6, 6.07) is 13.6. The van der Waals surface area contributed by atoms with Crippen LogP contribution >= 0.6 is 0 Å². The largest absolute Gasteiger partial charge is 0.416 e. The van der Waals surface area contributed by atoms with Crippen molar-refractivity contribution in [1.82, 2.24) is 25.1 Å². The molecule has 3 heterocycles.